The maximum absolute atomic E-state index is 12.1. The smallest absolute Gasteiger partial charge is 0.494 e. The Kier molecular flexibility index (Phi) is 7.34. The molecule has 0 aliphatic rings. The number of hydrogen-bond acceptors (Lipinski definition) is 4. The number of benzene rings is 2. The molecule has 0 unspecified atom stereocenters. The SMILES string of the molecule is CCOc1ccc(OCCC(=O)NCc2ccc(OC(F)(F)F)cc2)cc1. The zero-order chi connectivity index (χ0) is 19.7. The van der Waals surface area contributed by atoms with Crippen LogP contribution >= 0.6 is 0 Å². The highest BCUT2D eigenvalue weighted by Crippen LogP contribution is 2.22. The van der Waals surface area contributed by atoms with Gasteiger partial charge in [-0.3, -0.25) is 4.79 Å². The van der Waals surface area contributed by atoms with Gasteiger partial charge in [-0.2, -0.15) is 0 Å². The van der Waals surface area contributed by atoms with Crippen LogP contribution in [0.2, 0.25) is 0 Å². The fraction of sp³-hybridized carbons (Fsp3) is 0.316. The second-order valence-corrected chi connectivity index (χ2v) is 5.47. The van der Waals surface area contributed by atoms with E-state index in [1.807, 2.05) is 6.92 Å². The van der Waals surface area contributed by atoms with Crippen molar-refractivity contribution in [2.24, 2.45) is 0 Å². The predicted molar refractivity (Wildman–Crippen MR) is 92.7 cm³/mol. The number of alkyl halides is 3. The average molecular weight is 383 g/mol. The Morgan fingerprint density at radius 2 is 1.48 bits per heavy atom. The molecule has 0 saturated heterocycles. The molecule has 0 saturated carbocycles. The molecule has 0 atom stereocenters. The van der Waals surface area contributed by atoms with E-state index in [4.69, 9.17) is 9.47 Å². The van der Waals surface area contributed by atoms with Gasteiger partial charge in [-0.25, -0.2) is 0 Å². The van der Waals surface area contributed by atoms with Crippen LogP contribution < -0.4 is 19.5 Å². The van der Waals surface area contributed by atoms with E-state index in [0.29, 0.717) is 17.9 Å². The monoisotopic (exact) mass is 383 g/mol. The lowest BCUT2D eigenvalue weighted by molar-refractivity contribution is -0.274. The molecule has 1 N–H and O–H groups in total. The number of ether oxygens (including phenoxy) is 3. The van der Waals surface area contributed by atoms with Crippen LogP contribution in [0, 0.1) is 0 Å². The fourth-order valence-electron chi connectivity index (χ4n) is 2.16. The Bertz CT molecular complexity index is 715. The van der Waals surface area contributed by atoms with Crippen molar-refractivity contribution in [2.45, 2.75) is 26.3 Å². The predicted octanol–water partition coefficient (Wildman–Crippen LogP) is 4.07. The number of amides is 1. The number of rotatable bonds is 9. The maximum atomic E-state index is 12.1. The van der Waals surface area contributed by atoms with E-state index in [-0.39, 0.29) is 31.2 Å². The van der Waals surface area contributed by atoms with E-state index in [1.54, 1.807) is 24.3 Å². The summed E-state index contributed by atoms with van der Waals surface area (Å²) in [7, 11) is 0. The van der Waals surface area contributed by atoms with Crippen molar-refractivity contribution in [2.75, 3.05) is 13.2 Å². The zero-order valence-electron chi connectivity index (χ0n) is 14.7. The summed E-state index contributed by atoms with van der Waals surface area (Å²) >= 11 is 0. The number of carbonyl (C=O) groups is 1. The summed E-state index contributed by atoms with van der Waals surface area (Å²) in [6, 6.07) is 12.4. The lowest BCUT2D eigenvalue weighted by Crippen LogP contribution is -2.24. The molecule has 0 fully saturated rings. The van der Waals surface area contributed by atoms with Crippen LogP contribution in [0.5, 0.6) is 17.2 Å². The van der Waals surface area contributed by atoms with Gasteiger partial charge in [0, 0.05) is 6.54 Å². The van der Waals surface area contributed by atoms with E-state index in [9.17, 15) is 18.0 Å². The number of halogens is 3. The molecule has 0 aliphatic heterocycles. The summed E-state index contributed by atoms with van der Waals surface area (Å²) in [4.78, 5) is 11.8. The van der Waals surface area contributed by atoms with Gasteiger partial charge in [0.2, 0.25) is 5.91 Å². The number of hydrogen-bond donors (Lipinski definition) is 1. The first-order chi connectivity index (χ1) is 12.9. The molecule has 2 aromatic rings. The fourth-order valence-corrected chi connectivity index (χ4v) is 2.16. The van der Waals surface area contributed by atoms with Crippen LogP contribution in [0.15, 0.2) is 48.5 Å². The van der Waals surface area contributed by atoms with Crippen LogP contribution in [0.4, 0.5) is 13.2 Å². The lowest BCUT2D eigenvalue weighted by atomic mass is 10.2. The summed E-state index contributed by atoms with van der Waals surface area (Å²) < 4.78 is 50.9. The Labute approximate surface area is 155 Å². The molecule has 0 bridgehead atoms. The molecule has 0 aliphatic carbocycles. The van der Waals surface area contributed by atoms with Gasteiger partial charge in [-0.15, -0.1) is 13.2 Å². The molecule has 5 nitrogen and oxygen atoms in total. The minimum absolute atomic E-state index is 0.155. The molecule has 27 heavy (non-hydrogen) atoms. The van der Waals surface area contributed by atoms with E-state index in [2.05, 4.69) is 10.1 Å². The highest BCUT2D eigenvalue weighted by Gasteiger charge is 2.30. The second-order valence-electron chi connectivity index (χ2n) is 5.47. The Hall–Kier alpha value is -2.90. The topological polar surface area (TPSA) is 56.8 Å². The summed E-state index contributed by atoms with van der Waals surface area (Å²) in [6.45, 7) is 2.89. The van der Waals surface area contributed by atoms with Gasteiger partial charge >= 0.3 is 6.36 Å². The highest BCUT2D eigenvalue weighted by molar-refractivity contribution is 5.76. The largest absolute Gasteiger partial charge is 0.573 e. The van der Waals surface area contributed by atoms with E-state index in [0.717, 1.165) is 5.75 Å². The van der Waals surface area contributed by atoms with Gasteiger partial charge in [-0.05, 0) is 48.9 Å². The summed E-state index contributed by atoms with van der Waals surface area (Å²) in [6.07, 6.45) is -4.57. The molecule has 1 amide bonds. The quantitative estimate of drug-likeness (QED) is 0.709. The van der Waals surface area contributed by atoms with E-state index in [1.165, 1.54) is 24.3 Å². The first-order valence-corrected chi connectivity index (χ1v) is 8.33. The Morgan fingerprint density at radius 3 is 2.04 bits per heavy atom. The van der Waals surface area contributed by atoms with Gasteiger partial charge in [0.1, 0.15) is 17.2 Å². The summed E-state index contributed by atoms with van der Waals surface area (Å²) in [5.74, 6) is 0.846. The Morgan fingerprint density at radius 1 is 0.926 bits per heavy atom. The number of carbonyl (C=O) groups excluding carboxylic acids is 1. The summed E-state index contributed by atoms with van der Waals surface area (Å²) in [5.41, 5.74) is 0.658. The molecule has 2 aromatic carbocycles. The van der Waals surface area contributed by atoms with Crippen LogP contribution in [0.3, 0.4) is 0 Å². The van der Waals surface area contributed by atoms with Gasteiger partial charge in [-0.1, -0.05) is 12.1 Å². The van der Waals surface area contributed by atoms with Gasteiger partial charge < -0.3 is 19.5 Å². The third kappa shape index (κ3) is 7.89. The van der Waals surface area contributed by atoms with Crippen molar-refractivity contribution in [3.05, 3.63) is 54.1 Å². The van der Waals surface area contributed by atoms with Crippen molar-refractivity contribution >= 4 is 5.91 Å². The molecule has 8 heteroatoms. The first kappa shape index (κ1) is 20.4. The van der Waals surface area contributed by atoms with E-state index < -0.39 is 6.36 Å². The maximum Gasteiger partial charge on any atom is 0.573 e. The summed E-state index contributed by atoms with van der Waals surface area (Å²) in [5, 5.41) is 2.68. The molecule has 0 aromatic heterocycles. The van der Waals surface area contributed by atoms with Crippen LogP contribution in [-0.4, -0.2) is 25.5 Å². The molecule has 2 rings (SSSR count). The van der Waals surface area contributed by atoms with Gasteiger partial charge in [0.05, 0.1) is 19.6 Å². The lowest BCUT2D eigenvalue weighted by Gasteiger charge is -2.10. The Balaban J connectivity index is 1.68. The van der Waals surface area contributed by atoms with Crippen LogP contribution in [-0.2, 0) is 11.3 Å². The molecule has 146 valence electrons. The standard InChI is InChI=1S/C19H20F3NO4/c1-2-25-15-7-9-16(10-8-15)26-12-11-18(24)23-13-14-3-5-17(6-4-14)27-19(20,21)22/h3-10H,2,11-13H2,1H3,(H,23,24). The normalized spacial score (nSPS) is 11.0. The minimum atomic E-state index is -4.72. The second kappa shape index (κ2) is 9.70. The minimum Gasteiger partial charge on any atom is -0.494 e. The highest BCUT2D eigenvalue weighted by atomic mass is 19.4. The van der Waals surface area contributed by atoms with Crippen LogP contribution in [0.1, 0.15) is 18.9 Å². The average Bonchev–Trinajstić information content (AvgIpc) is 2.62. The third-order valence-corrected chi connectivity index (χ3v) is 3.38. The van der Waals surface area contributed by atoms with Crippen molar-refractivity contribution in [3.63, 3.8) is 0 Å². The van der Waals surface area contributed by atoms with Crippen molar-refractivity contribution < 1.29 is 32.2 Å². The van der Waals surface area contributed by atoms with E-state index >= 15 is 0 Å². The third-order valence-electron chi connectivity index (χ3n) is 3.38. The van der Waals surface area contributed by atoms with Crippen LogP contribution in [0.25, 0.3) is 0 Å². The molecule has 0 spiro atoms. The van der Waals surface area contributed by atoms with Crippen molar-refractivity contribution in [1.82, 2.24) is 5.32 Å². The zero-order valence-corrected chi connectivity index (χ0v) is 14.7. The first-order valence-electron chi connectivity index (χ1n) is 8.33. The molecular formula is C19H20F3NO4. The van der Waals surface area contributed by atoms with Crippen molar-refractivity contribution in [3.8, 4) is 17.2 Å². The van der Waals surface area contributed by atoms with Crippen molar-refractivity contribution in [1.29, 1.82) is 0 Å². The van der Waals surface area contributed by atoms with Gasteiger partial charge in [0.15, 0.2) is 0 Å². The van der Waals surface area contributed by atoms with Gasteiger partial charge in [0.25, 0.3) is 0 Å². The molecule has 0 heterocycles. The molecule has 0 radical (unpaired) electrons. The molecular weight excluding hydrogens is 363 g/mol. The number of nitrogens with one attached hydrogen (secondary N) is 1.